The molecule has 9 heteroatoms. The van der Waals surface area contributed by atoms with Crippen LogP contribution in [0.2, 0.25) is 5.02 Å². The molecule has 156 valence electrons. The Bertz CT molecular complexity index is 1070. The molecule has 2 heterocycles. The number of piperidine rings is 1. The number of hydrogen-bond acceptors (Lipinski definition) is 4. The molecule has 3 rings (SSSR count). The molecule has 7 nitrogen and oxygen atoms in total. The minimum absolute atomic E-state index is 0.301. The fourth-order valence-corrected chi connectivity index (χ4v) is 4.96. The highest BCUT2D eigenvalue weighted by Gasteiger charge is 2.30. The topological polar surface area (TPSA) is 88.5 Å². The SMILES string of the molecule is Cc1ccc(NC(=O)Cn2cccc(S(=O)(=O)N3CCC(C)CC3)c2=O)cc1Cl. The third-order valence-corrected chi connectivity index (χ3v) is 7.43. The van der Waals surface area contributed by atoms with Gasteiger partial charge in [-0.3, -0.25) is 9.59 Å². The van der Waals surface area contributed by atoms with Crippen molar-refractivity contribution in [3.05, 3.63) is 57.5 Å². The molecule has 0 bridgehead atoms. The van der Waals surface area contributed by atoms with Gasteiger partial charge in [-0.2, -0.15) is 4.31 Å². The van der Waals surface area contributed by atoms with Crippen LogP contribution in [0.4, 0.5) is 5.69 Å². The largest absolute Gasteiger partial charge is 0.324 e. The van der Waals surface area contributed by atoms with Crippen molar-refractivity contribution < 1.29 is 13.2 Å². The Balaban J connectivity index is 1.78. The lowest BCUT2D eigenvalue weighted by Gasteiger charge is -2.29. The second-order valence-electron chi connectivity index (χ2n) is 7.40. The van der Waals surface area contributed by atoms with E-state index in [-0.39, 0.29) is 11.4 Å². The number of pyridine rings is 1. The highest BCUT2D eigenvalue weighted by Crippen LogP contribution is 2.22. The van der Waals surface area contributed by atoms with Crippen LogP contribution in [-0.4, -0.2) is 36.3 Å². The first-order valence-electron chi connectivity index (χ1n) is 9.44. The van der Waals surface area contributed by atoms with E-state index in [1.807, 2.05) is 6.92 Å². The zero-order chi connectivity index (χ0) is 21.2. The zero-order valence-electron chi connectivity index (χ0n) is 16.4. The fraction of sp³-hybridized carbons (Fsp3) is 0.400. The first kappa shape index (κ1) is 21.5. The molecule has 0 spiro atoms. The van der Waals surface area contributed by atoms with Gasteiger partial charge in [0.2, 0.25) is 15.9 Å². The summed E-state index contributed by atoms with van der Waals surface area (Å²) in [6.07, 6.45) is 2.94. The highest BCUT2D eigenvalue weighted by molar-refractivity contribution is 7.89. The molecule has 0 aliphatic carbocycles. The molecule has 1 fully saturated rings. The van der Waals surface area contributed by atoms with Gasteiger partial charge >= 0.3 is 0 Å². The van der Waals surface area contributed by atoms with Gasteiger partial charge in [0, 0.05) is 30.0 Å². The van der Waals surface area contributed by atoms with E-state index in [1.165, 1.54) is 22.6 Å². The lowest BCUT2D eigenvalue weighted by atomic mass is 10.0. The summed E-state index contributed by atoms with van der Waals surface area (Å²) < 4.78 is 28.3. The van der Waals surface area contributed by atoms with Gasteiger partial charge in [-0.05, 0) is 55.5 Å². The van der Waals surface area contributed by atoms with Crippen LogP contribution in [0.15, 0.2) is 46.2 Å². The van der Waals surface area contributed by atoms with Crippen LogP contribution < -0.4 is 10.9 Å². The number of hydrogen-bond donors (Lipinski definition) is 1. The molecule has 1 aliphatic rings. The van der Waals surface area contributed by atoms with Gasteiger partial charge in [-0.25, -0.2) is 8.42 Å². The second-order valence-corrected chi connectivity index (χ2v) is 9.72. The Morgan fingerprint density at radius 2 is 1.93 bits per heavy atom. The van der Waals surface area contributed by atoms with E-state index in [0.29, 0.717) is 29.7 Å². The molecule has 0 atom stereocenters. The Morgan fingerprint density at radius 1 is 1.24 bits per heavy atom. The van der Waals surface area contributed by atoms with Crippen LogP contribution in [0.1, 0.15) is 25.3 Å². The standard InChI is InChI=1S/C20H24ClN3O4S/c1-14-7-10-24(11-8-14)29(27,28)18-4-3-9-23(20(18)26)13-19(25)22-16-6-5-15(2)17(21)12-16/h3-6,9,12,14H,7-8,10-11,13H2,1-2H3,(H,22,25). The molecule has 1 aliphatic heterocycles. The van der Waals surface area contributed by atoms with Gasteiger partial charge in [0.1, 0.15) is 11.4 Å². The molecule has 0 unspecified atom stereocenters. The number of amides is 1. The zero-order valence-corrected chi connectivity index (χ0v) is 18.0. The predicted molar refractivity (Wildman–Crippen MR) is 113 cm³/mol. The van der Waals surface area contributed by atoms with Gasteiger partial charge in [-0.15, -0.1) is 0 Å². The number of rotatable bonds is 5. The number of benzene rings is 1. The van der Waals surface area contributed by atoms with Crippen molar-refractivity contribution >= 4 is 33.2 Å². The number of halogens is 1. The highest BCUT2D eigenvalue weighted by atomic mass is 35.5. The number of carbonyl (C=O) groups excluding carboxylic acids is 1. The van der Waals surface area contributed by atoms with Crippen LogP contribution >= 0.6 is 11.6 Å². The van der Waals surface area contributed by atoms with Crippen molar-refractivity contribution in [2.45, 2.75) is 38.1 Å². The van der Waals surface area contributed by atoms with E-state index in [9.17, 15) is 18.0 Å². The summed E-state index contributed by atoms with van der Waals surface area (Å²) in [5.74, 6) is 0.0150. The molecule has 2 aromatic rings. The normalized spacial score (nSPS) is 16.0. The van der Waals surface area contributed by atoms with E-state index in [0.717, 1.165) is 23.0 Å². The average Bonchev–Trinajstić information content (AvgIpc) is 2.66. The minimum Gasteiger partial charge on any atom is -0.324 e. The second kappa shape index (κ2) is 8.69. The van der Waals surface area contributed by atoms with E-state index in [2.05, 4.69) is 12.2 Å². The molecule has 1 aromatic carbocycles. The number of anilines is 1. The van der Waals surface area contributed by atoms with Crippen LogP contribution in [0.3, 0.4) is 0 Å². The number of nitrogens with one attached hydrogen (secondary N) is 1. The monoisotopic (exact) mass is 437 g/mol. The van der Waals surface area contributed by atoms with Crippen LogP contribution in [0.25, 0.3) is 0 Å². The summed E-state index contributed by atoms with van der Waals surface area (Å²) in [4.78, 5) is 24.8. The molecule has 1 N–H and O–H groups in total. The number of nitrogens with zero attached hydrogens (tertiary/aromatic N) is 2. The van der Waals surface area contributed by atoms with E-state index < -0.39 is 21.5 Å². The summed E-state index contributed by atoms with van der Waals surface area (Å²) in [7, 11) is -3.89. The van der Waals surface area contributed by atoms with Gasteiger partial charge < -0.3 is 9.88 Å². The maximum Gasteiger partial charge on any atom is 0.271 e. The van der Waals surface area contributed by atoms with Crippen molar-refractivity contribution in [3.8, 4) is 0 Å². The lowest BCUT2D eigenvalue weighted by molar-refractivity contribution is -0.116. The van der Waals surface area contributed by atoms with Crippen LogP contribution in [0.5, 0.6) is 0 Å². The number of aromatic nitrogens is 1. The summed E-state index contributed by atoms with van der Waals surface area (Å²) in [5, 5.41) is 3.19. The van der Waals surface area contributed by atoms with Crippen molar-refractivity contribution in [2.75, 3.05) is 18.4 Å². The maximum absolute atomic E-state index is 12.9. The first-order valence-corrected chi connectivity index (χ1v) is 11.3. The van der Waals surface area contributed by atoms with Crippen molar-refractivity contribution in [1.82, 2.24) is 8.87 Å². The third kappa shape index (κ3) is 4.88. The summed E-state index contributed by atoms with van der Waals surface area (Å²) >= 11 is 6.06. The Kier molecular flexibility index (Phi) is 6.45. The van der Waals surface area contributed by atoms with Crippen molar-refractivity contribution in [2.24, 2.45) is 5.92 Å². The van der Waals surface area contributed by atoms with E-state index in [4.69, 9.17) is 11.6 Å². The predicted octanol–water partition coefficient (Wildman–Crippen LogP) is 2.87. The minimum atomic E-state index is -3.89. The molecular weight excluding hydrogens is 414 g/mol. The van der Waals surface area contributed by atoms with Gasteiger partial charge in [0.25, 0.3) is 5.56 Å². The molecule has 1 amide bonds. The number of sulfonamides is 1. The number of carbonyl (C=O) groups is 1. The fourth-order valence-electron chi connectivity index (χ4n) is 3.23. The van der Waals surface area contributed by atoms with Crippen LogP contribution in [0, 0.1) is 12.8 Å². The lowest BCUT2D eigenvalue weighted by Crippen LogP contribution is -2.41. The van der Waals surface area contributed by atoms with Crippen molar-refractivity contribution in [3.63, 3.8) is 0 Å². The summed E-state index contributed by atoms with van der Waals surface area (Å²) in [6.45, 7) is 4.42. The molecule has 0 radical (unpaired) electrons. The van der Waals surface area contributed by atoms with Crippen LogP contribution in [-0.2, 0) is 21.4 Å². The smallest absolute Gasteiger partial charge is 0.271 e. The number of aryl methyl sites for hydroxylation is 1. The summed E-state index contributed by atoms with van der Waals surface area (Å²) in [5.41, 5.74) is 0.680. The average molecular weight is 438 g/mol. The Labute approximate surface area is 175 Å². The summed E-state index contributed by atoms with van der Waals surface area (Å²) in [6, 6.07) is 7.87. The van der Waals surface area contributed by atoms with E-state index in [1.54, 1.807) is 18.2 Å². The molecule has 1 aromatic heterocycles. The molecule has 1 saturated heterocycles. The van der Waals surface area contributed by atoms with Crippen molar-refractivity contribution in [1.29, 1.82) is 0 Å². The quantitative estimate of drug-likeness (QED) is 0.778. The Morgan fingerprint density at radius 3 is 2.59 bits per heavy atom. The van der Waals surface area contributed by atoms with Gasteiger partial charge in [0.05, 0.1) is 0 Å². The molecule has 0 saturated carbocycles. The Hall–Kier alpha value is -2.16. The maximum atomic E-state index is 12.9. The first-order chi connectivity index (χ1) is 13.7. The molecule has 29 heavy (non-hydrogen) atoms. The van der Waals surface area contributed by atoms with Gasteiger partial charge in [0.15, 0.2) is 0 Å². The van der Waals surface area contributed by atoms with Gasteiger partial charge in [-0.1, -0.05) is 24.6 Å². The molecular formula is C20H24ClN3O4S. The third-order valence-electron chi connectivity index (χ3n) is 5.12. The van der Waals surface area contributed by atoms with E-state index >= 15 is 0 Å².